The molecule has 1 unspecified atom stereocenters. The fourth-order valence-electron chi connectivity index (χ4n) is 3.54. The van der Waals surface area contributed by atoms with E-state index in [1.165, 1.54) is 6.92 Å². The molecule has 3 amide bonds. The topological polar surface area (TPSA) is 69.7 Å². The van der Waals surface area contributed by atoms with Gasteiger partial charge in [0, 0.05) is 44.4 Å². The fraction of sp³-hybridized carbons (Fsp3) is 0.526. The lowest BCUT2D eigenvalue weighted by Gasteiger charge is -2.32. The van der Waals surface area contributed by atoms with Gasteiger partial charge in [0.25, 0.3) is 0 Å². The molecule has 2 aliphatic heterocycles. The molecule has 134 valence electrons. The van der Waals surface area contributed by atoms with Gasteiger partial charge < -0.3 is 15.1 Å². The first kappa shape index (κ1) is 17.5. The van der Waals surface area contributed by atoms with E-state index < -0.39 is 0 Å². The van der Waals surface area contributed by atoms with Crippen LogP contribution >= 0.6 is 0 Å². The molecule has 0 aliphatic carbocycles. The number of benzene rings is 1. The lowest BCUT2D eigenvalue weighted by Crippen LogP contribution is -2.42. The molecule has 0 bridgehead atoms. The molecular weight excluding hydrogens is 318 g/mol. The molecule has 6 heteroatoms. The molecule has 6 nitrogen and oxygen atoms in total. The number of hydrogen-bond donors (Lipinski definition) is 1. The number of carbonyl (C=O) groups excluding carboxylic acids is 3. The summed E-state index contributed by atoms with van der Waals surface area (Å²) in [6, 6.07) is 7.15. The third kappa shape index (κ3) is 4.00. The maximum absolute atomic E-state index is 12.7. The summed E-state index contributed by atoms with van der Waals surface area (Å²) in [5, 5.41) is 2.70. The number of hydrogen-bond acceptors (Lipinski definition) is 3. The quantitative estimate of drug-likeness (QED) is 0.915. The van der Waals surface area contributed by atoms with Crippen LogP contribution in [0.15, 0.2) is 24.3 Å². The molecule has 2 saturated heterocycles. The van der Waals surface area contributed by atoms with Crippen LogP contribution in [0.1, 0.15) is 33.1 Å². The van der Waals surface area contributed by atoms with Crippen molar-refractivity contribution in [1.29, 1.82) is 0 Å². The first-order valence-electron chi connectivity index (χ1n) is 8.91. The van der Waals surface area contributed by atoms with Crippen LogP contribution in [0.25, 0.3) is 0 Å². The highest BCUT2D eigenvalue weighted by molar-refractivity contribution is 6.00. The van der Waals surface area contributed by atoms with E-state index in [1.54, 1.807) is 29.2 Å². The molecule has 2 fully saturated rings. The third-order valence-corrected chi connectivity index (χ3v) is 5.07. The molecule has 1 aromatic carbocycles. The van der Waals surface area contributed by atoms with Gasteiger partial charge in [-0.05, 0) is 43.0 Å². The largest absolute Gasteiger partial charge is 0.342 e. The fourth-order valence-corrected chi connectivity index (χ4v) is 3.54. The summed E-state index contributed by atoms with van der Waals surface area (Å²) in [6.45, 7) is 5.71. The molecule has 0 saturated carbocycles. The lowest BCUT2D eigenvalue weighted by atomic mass is 9.97. The Hall–Kier alpha value is -2.37. The smallest absolute Gasteiger partial charge is 0.228 e. The summed E-state index contributed by atoms with van der Waals surface area (Å²) in [6.07, 6.45) is 2.36. The second-order valence-electron chi connectivity index (χ2n) is 7.14. The average molecular weight is 343 g/mol. The molecule has 0 radical (unpaired) electrons. The Morgan fingerprint density at radius 2 is 1.76 bits per heavy atom. The first-order valence-corrected chi connectivity index (χ1v) is 8.91. The van der Waals surface area contributed by atoms with E-state index >= 15 is 0 Å². The van der Waals surface area contributed by atoms with Crippen LogP contribution in [0.2, 0.25) is 0 Å². The SMILES string of the molecule is CC(=O)Nc1ccc(N2CC(C(=O)N3CCC(C)CC3)CC2=O)cc1. The Labute approximate surface area is 148 Å². The third-order valence-electron chi connectivity index (χ3n) is 5.07. The van der Waals surface area contributed by atoms with E-state index in [0.717, 1.165) is 31.6 Å². The van der Waals surface area contributed by atoms with Crippen molar-refractivity contribution in [2.45, 2.75) is 33.1 Å². The van der Waals surface area contributed by atoms with Gasteiger partial charge in [0.2, 0.25) is 17.7 Å². The van der Waals surface area contributed by atoms with Crippen molar-refractivity contribution in [2.24, 2.45) is 11.8 Å². The minimum absolute atomic E-state index is 0.0176. The van der Waals surface area contributed by atoms with Gasteiger partial charge in [-0.25, -0.2) is 0 Å². The maximum Gasteiger partial charge on any atom is 0.228 e. The first-order chi connectivity index (χ1) is 11.9. The van der Waals surface area contributed by atoms with E-state index in [0.29, 0.717) is 18.2 Å². The van der Waals surface area contributed by atoms with Crippen molar-refractivity contribution in [2.75, 3.05) is 29.9 Å². The van der Waals surface area contributed by atoms with Gasteiger partial charge in [-0.3, -0.25) is 14.4 Å². The van der Waals surface area contributed by atoms with Crippen molar-refractivity contribution in [3.63, 3.8) is 0 Å². The van der Waals surface area contributed by atoms with Gasteiger partial charge in [-0.1, -0.05) is 6.92 Å². The Kier molecular flexibility index (Phi) is 5.06. The van der Waals surface area contributed by atoms with Crippen molar-refractivity contribution in [3.05, 3.63) is 24.3 Å². The Bertz CT molecular complexity index is 663. The predicted molar refractivity (Wildman–Crippen MR) is 96.2 cm³/mol. The molecule has 1 N–H and O–H groups in total. The van der Waals surface area contributed by atoms with Crippen LogP contribution in [-0.2, 0) is 14.4 Å². The molecule has 2 aliphatic rings. The van der Waals surface area contributed by atoms with Crippen LogP contribution in [0.4, 0.5) is 11.4 Å². The van der Waals surface area contributed by atoms with Crippen LogP contribution in [-0.4, -0.2) is 42.3 Å². The monoisotopic (exact) mass is 343 g/mol. The number of nitrogens with zero attached hydrogens (tertiary/aromatic N) is 2. The molecule has 2 heterocycles. The number of amides is 3. The average Bonchev–Trinajstić information content (AvgIpc) is 2.97. The summed E-state index contributed by atoms with van der Waals surface area (Å²) in [4.78, 5) is 39.7. The van der Waals surface area contributed by atoms with Gasteiger partial charge in [0.05, 0.1) is 5.92 Å². The zero-order chi connectivity index (χ0) is 18.0. The summed E-state index contributed by atoms with van der Waals surface area (Å²) in [5.41, 5.74) is 1.46. The summed E-state index contributed by atoms with van der Waals surface area (Å²) < 4.78 is 0. The zero-order valence-electron chi connectivity index (χ0n) is 14.8. The van der Waals surface area contributed by atoms with Crippen LogP contribution in [0.5, 0.6) is 0 Å². The summed E-state index contributed by atoms with van der Waals surface area (Å²) in [5.74, 6) is 0.379. The summed E-state index contributed by atoms with van der Waals surface area (Å²) in [7, 11) is 0. The van der Waals surface area contributed by atoms with Gasteiger partial charge in [0.15, 0.2) is 0 Å². The van der Waals surface area contributed by atoms with E-state index in [2.05, 4.69) is 12.2 Å². The van der Waals surface area contributed by atoms with Crippen molar-refractivity contribution < 1.29 is 14.4 Å². The Morgan fingerprint density at radius 1 is 1.12 bits per heavy atom. The molecule has 1 aromatic rings. The predicted octanol–water partition coefficient (Wildman–Crippen LogP) is 2.26. The number of anilines is 2. The van der Waals surface area contributed by atoms with Gasteiger partial charge in [0.1, 0.15) is 0 Å². The highest BCUT2D eigenvalue weighted by atomic mass is 16.2. The minimum atomic E-state index is -0.254. The van der Waals surface area contributed by atoms with E-state index in [4.69, 9.17) is 0 Å². The number of nitrogens with one attached hydrogen (secondary N) is 1. The standard InChI is InChI=1S/C19H25N3O3/c1-13-7-9-21(10-8-13)19(25)15-11-18(24)22(12-15)17-5-3-16(4-6-17)20-14(2)23/h3-6,13,15H,7-12H2,1-2H3,(H,20,23). The zero-order valence-corrected chi connectivity index (χ0v) is 14.8. The highest BCUT2D eigenvalue weighted by Gasteiger charge is 2.37. The van der Waals surface area contributed by atoms with Gasteiger partial charge >= 0.3 is 0 Å². The maximum atomic E-state index is 12.7. The lowest BCUT2D eigenvalue weighted by molar-refractivity contribution is -0.137. The normalized spacial score (nSPS) is 21.5. The van der Waals surface area contributed by atoms with Crippen LogP contribution in [0, 0.1) is 11.8 Å². The second kappa shape index (κ2) is 7.25. The number of likely N-dealkylation sites (tertiary alicyclic amines) is 1. The van der Waals surface area contributed by atoms with E-state index in [1.807, 2.05) is 4.90 Å². The van der Waals surface area contributed by atoms with Crippen LogP contribution < -0.4 is 10.2 Å². The van der Waals surface area contributed by atoms with Crippen molar-refractivity contribution in [3.8, 4) is 0 Å². The number of rotatable bonds is 3. The second-order valence-corrected chi connectivity index (χ2v) is 7.14. The highest BCUT2D eigenvalue weighted by Crippen LogP contribution is 2.28. The molecular formula is C19H25N3O3. The molecule has 1 atom stereocenters. The summed E-state index contributed by atoms with van der Waals surface area (Å²) >= 11 is 0. The Morgan fingerprint density at radius 3 is 2.36 bits per heavy atom. The molecule has 25 heavy (non-hydrogen) atoms. The van der Waals surface area contributed by atoms with E-state index in [-0.39, 0.29) is 30.1 Å². The van der Waals surface area contributed by atoms with Crippen LogP contribution in [0.3, 0.4) is 0 Å². The molecule has 0 spiro atoms. The number of carbonyl (C=O) groups is 3. The number of piperidine rings is 1. The molecule has 0 aromatic heterocycles. The van der Waals surface area contributed by atoms with Gasteiger partial charge in [-0.15, -0.1) is 0 Å². The molecule has 3 rings (SSSR count). The minimum Gasteiger partial charge on any atom is -0.342 e. The van der Waals surface area contributed by atoms with Crippen molar-refractivity contribution in [1.82, 2.24) is 4.90 Å². The van der Waals surface area contributed by atoms with E-state index in [9.17, 15) is 14.4 Å². The van der Waals surface area contributed by atoms with Crippen molar-refractivity contribution >= 4 is 29.1 Å². The van der Waals surface area contributed by atoms with Gasteiger partial charge in [-0.2, -0.15) is 0 Å². The Balaban J connectivity index is 1.64.